The summed E-state index contributed by atoms with van der Waals surface area (Å²) >= 11 is 0. The van der Waals surface area contributed by atoms with Crippen molar-refractivity contribution in [2.45, 2.75) is 59.5 Å². The number of carbonyl (C=O) groups excluding carboxylic acids is 2. The molecule has 32 heavy (non-hydrogen) atoms. The summed E-state index contributed by atoms with van der Waals surface area (Å²) in [7, 11) is 0. The largest absolute Gasteiger partial charge is 0.483 e. The Kier molecular flexibility index (Phi) is 8.81. The Labute approximate surface area is 191 Å². The molecule has 0 heterocycles. The summed E-state index contributed by atoms with van der Waals surface area (Å²) < 4.78 is 19.2. The molecule has 0 spiro atoms. The number of ether oxygens (including phenoxy) is 1. The zero-order chi connectivity index (χ0) is 23.9. The molecule has 2 aromatic carbocycles. The van der Waals surface area contributed by atoms with E-state index in [-0.39, 0.29) is 36.2 Å². The number of nitrogens with one attached hydrogen (secondary N) is 1. The highest BCUT2D eigenvalue weighted by molar-refractivity contribution is 5.88. The van der Waals surface area contributed by atoms with E-state index in [0.717, 1.165) is 11.1 Å². The van der Waals surface area contributed by atoms with Crippen LogP contribution in [0.2, 0.25) is 0 Å². The first-order chi connectivity index (χ1) is 15.0. The summed E-state index contributed by atoms with van der Waals surface area (Å²) in [6.45, 7) is 12.5. The van der Waals surface area contributed by atoms with Gasteiger partial charge in [0.1, 0.15) is 17.6 Å². The molecule has 0 aromatic heterocycles. The number of amides is 2. The molecule has 0 saturated carbocycles. The first-order valence-electron chi connectivity index (χ1n) is 11.0. The van der Waals surface area contributed by atoms with Gasteiger partial charge in [-0.3, -0.25) is 9.59 Å². The lowest BCUT2D eigenvalue weighted by Crippen LogP contribution is -2.49. The Bertz CT molecular complexity index is 904. The van der Waals surface area contributed by atoms with E-state index in [1.54, 1.807) is 19.1 Å². The molecule has 0 saturated heterocycles. The summed E-state index contributed by atoms with van der Waals surface area (Å²) in [5, 5.41) is 2.88. The highest BCUT2D eigenvalue weighted by Crippen LogP contribution is 2.31. The average molecular weight is 443 g/mol. The molecule has 2 aromatic rings. The van der Waals surface area contributed by atoms with Crippen LogP contribution in [0.5, 0.6) is 5.75 Å². The minimum absolute atomic E-state index is 0.141. The highest BCUT2D eigenvalue weighted by Gasteiger charge is 2.27. The summed E-state index contributed by atoms with van der Waals surface area (Å²) in [6.07, 6.45) is 0. The Balaban J connectivity index is 2.20. The quantitative estimate of drug-likeness (QED) is 0.613. The maximum absolute atomic E-state index is 13.3. The summed E-state index contributed by atoms with van der Waals surface area (Å²) in [6, 6.07) is 12.9. The molecular weight excluding hydrogens is 407 g/mol. The second kappa shape index (κ2) is 11.1. The van der Waals surface area contributed by atoms with Crippen molar-refractivity contribution >= 4 is 11.8 Å². The van der Waals surface area contributed by atoms with Gasteiger partial charge in [0.25, 0.3) is 5.91 Å². The fraction of sp³-hybridized carbons (Fsp3) is 0.462. The molecule has 6 heteroatoms. The van der Waals surface area contributed by atoms with Crippen molar-refractivity contribution < 1.29 is 18.7 Å². The maximum Gasteiger partial charge on any atom is 0.261 e. The molecule has 1 atom stereocenters. The third-order valence-corrected chi connectivity index (χ3v) is 5.16. The number of hydrogen-bond acceptors (Lipinski definition) is 3. The topological polar surface area (TPSA) is 58.6 Å². The lowest BCUT2D eigenvalue weighted by molar-refractivity contribution is -0.142. The molecule has 174 valence electrons. The van der Waals surface area contributed by atoms with Gasteiger partial charge >= 0.3 is 0 Å². The van der Waals surface area contributed by atoms with Crippen LogP contribution in [0.4, 0.5) is 4.39 Å². The van der Waals surface area contributed by atoms with Gasteiger partial charge in [-0.05, 0) is 47.6 Å². The van der Waals surface area contributed by atoms with Crippen molar-refractivity contribution in [3.8, 4) is 5.75 Å². The third-order valence-electron chi connectivity index (χ3n) is 5.16. The standard InChI is InChI=1S/C26H35FN2O3/c1-18(2)15-28-25(31)19(3)29(16-20-11-13-21(27)14-12-20)24(30)17-32-23-10-8-7-9-22(23)26(4,5)6/h7-14,18-19H,15-17H2,1-6H3,(H,28,31)/t19-/m1/s1. The number of hydrogen-bond donors (Lipinski definition) is 1. The van der Waals surface area contributed by atoms with Crippen LogP contribution in [0.15, 0.2) is 48.5 Å². The fourth-order valence-corrected chi connectivity index (χ4v) is 3.26. The van der Waals surface area contributed by atoms with Crippen LogP contribution >= 0.6 is 0 Å². The summed E-state index contributed by atoms with van der Waals surface area (Å²) in [4.78, 5) is 27.3. The third kappa shape index (κ3) is 7.36. The van der Waals surface area contributed by atoms with E-state index in [1.807, 2.05) is 38.1 Å². The molecule has 0 bridgehead atoms. The molecule has 5 nitrogen and oxygen atoms in total. The number of benzene rings is 2. The van der Waals surface area contributed by atoms with Crippen molar-refractivity contribution in [1.29, 1.82) is 0 Å². The first kappa shape index (κ1) is 25.4. The number of para-hydroxylation sites is 1. The molecule has 0 aliphatic rings. The predicted molar refractivity (Wildman–Crippen MR) is 125 cm³/mol. The number of rotatable bonds is 9. The van der Waals surface area contributed by atoms with E-state index in [1.165, 1.54) is 17.0 Å². The SMILES string of the molecule is CC(C)CNC(=O)[C@@H](C)N(Cc1ccc(F)cc1)C(=O)COc1ccccc1C(C)(C)C. The van der Waals surface area contributed by atoms with Gasteiger partial charge in [0.15, 0.2) is 6.61 Å². The summed E-state index contributed by atoms with van der Waals surface area (Å²) in [5.74, 6) is 0.0441. The average Bonchev–Trinajstić information content (AvgIpc) is 2.74. The molecule has 0 aliphatic carbocycles. The van der Waals surface area contributed by atoms with Gasteiger partial charge in [-0.15, -0.1) is 0 Å². The Morgan fingerprint density at radius 3 is 2.25 bits per heavy atom. The monoisotopic (exact) mass is 442 g/mol. The van der Waals surface area contributed by atoms with Crippen LogP contribution in [0.1, 0.15) is 52.7 Å². The molecule has 0 unspecified atom stereocenters. The van der Waals surface area contributed by atoms with Crippen LogP contribution in [-0.4, -0.2) is 35.9 Å². The first-order valence-corrected chi connectivity index (χ1v) is 11.0. The van der Waals surface area contributed by atoms with Crippen LogP contribution in [0.25, 0.3) is 0 Å². The zero-order valence-electron chi connectivity index (χ0n) is 19.9. The second-order valence-electron chi connectivity index (χ2n) is 9.50. The van der Waals surface area contributed by atoms with Gasteiger partial charge < -0.3 is 15.0 Å². The van der Waals surface area contributed by atoms with Crippen LogP contribution in [0.3, 0.4) is 0 Å². The van der Waals surface area contributed by atoms with Crippen LogP contribution in [-0.2, 0) is 21.5 Å². The highest BCUT2D eigenvalue weighted by atomic mass is 19.1. The molecule has 0 fully saturated rings. The van der Waals surface area contributed by atoms with E-state index in [2.05, 4.69) is 26.1 Å². The number of halogens is 1. The van der Waals surface area contributed by atoms with E-state index in [4.69, 9.17) is 4.74 Å². The van der Waals surface area contributed by atoms with Gasteiger partial charge in [-0.1, -0.05) is 65.0 Å². The lowest BCUT2D eigenvalue weighted by atomic mass is 9.86. The molecule has 0 aliphatic heterocycles. The minimum Gasteiger partial charge on any atom is -0.483 e. The minimum atomic E-state index is -0.701. The predicted octanol–water partition coefficient (Wildman–Crippen LogP) is 4.69. The fourth-order valence-electron chi connectivity index (χ4n) is 3.26. The Morgan fingerprint density at radius 1 is 1.03 bits per heavy atom. The van der Waals surface area contributed by atoms with Crippen molar-refractivity contribution in [1.82, 2.24) is 10.2 Å². The van der Waals surface area contributed by atoms with Crippen molar-refractivity contribution in [2.24, 2.45) is 5.92 Å². The molecular formula is C26H35FN2O3. The van der Waals surface area contributed by atoms with E-state index < -0.39 is 6.04 Å². The van der Waals surface area contributed by atoms with Gasteiger partial charge in [-0.2, -0.15) is 0 Å². The Morgan fingerprint density at radius 2 is 1.66 bits per heavy atom. The lowest BCUT2D eigenvalue weighted by Gasteiger charge is -2.29. The maximum atomic E-state index is 13.3. The van der Waals surface area contributed by atoms with Gasteiger partial charge in [-0.25, -0.2) is 4.39 Å². The van der Waals surface area contributed by atoms with Gasteiger partial charge in [0.05, 0.1) is 0 Å². The van der Waals surface area contributed by atoms with Crippen molar-refractivity contribution in [3.63, 3.8) is 0 Å². The van der Waals surface area contributed by atoms with E-state index in [9.17, 15) is 14.0 Å². The molecule has 1 N–H and O–H groups in total. The molecule has 2 amide bonds. The molecule has 2 rings (SSSR count). The summed E-state index contributed by atoms with van der Waals surface area (Å²) in [5.41, 5.74) is 1.59. The number of carbonyl (C=O) groups is 2. The van der Waals surface area contributed by atoms with Crippen LogP contribution in [0, 0.1) is 11.7 Å². The smallest absolute Gasteiger partial charge is 0.261 e. The van der Waals surface area contributed by atoms with Crippen molar-refractivity contribution in [2.75, 3.05) is 13.2 Å². The second-order valence-corrected chi connectivity index (χ2v) is 9.50. The zero-order valence-corrected chi connectivity index (χ0v) is 19.9. The van der Waals surface area contributed by atoms with Gasteiger partial charge in [0, 0.05) is 13.1 Å². The van der Waals surface area contributed by atoms with Crippen LogP contribution < -0.4 is 10.1 Å². The normalized spacial score (nSPS) is 12.4. The Hall–Kier alpha value is -2.89. The number of nitrogens with zero attached hydrogens (tertiary/aromatic N) is 1. The molecule has 0 radical (unpaired) electrons. The van der Waals surface area contributed by atoms with Gasteiger partial charge in [0.2, 0.25) is 5.91 Å². The van der Waals surface area contributed by atoms with Crippen molar-refractivity contribution in [3.05, 3.63) is 65.5 Å². The van der Waals surface area contributed by atoms with E-state index in [0.29, 0.717) is 18.2 Å². The van der Waals surface area contributed by atoms with E-state index >= 15 is 0 Å².